The van der Waals surface area contributed by atoms with Crippen LogP contribution in [0.3, 0.4) is 0 Å². The standard InChI is InChI=1S/C28H30N2O5/c1-33-21-11-9-20(10-12-21)28(32)30-17-24(23-15-22(34-2)13-14-26(23)35-3)25(18-30)27(31)29-16-19-7-5-4-6-8-19/h4-15,24-25H,16-18H2,1-3H3,(H,29,31)/t24-,25-/m1/s1. The van der Waals surface area contributed by atoms with Crippen molar-refractivity contribution in [1.29, 1.82) is 0 Å². The van der Waals surface area contributed by atoms with Gasteiger partial charge in [0.1, 0.15) is 17.2 Å². The third-order valence-electron chi connectivity index (χ3n) is 6.43. The van der Waals surface area contributed by atoms with Gasteiger partial charge in [-0.15, -0.1) is 0 Å². The van der Waals surface area contributed by atoms with E-state index in [9.17, 15) is 9.59 Å². The lowest BCUT2D eigenvalue weighted by atomic mass is 9.87. The average molecular weight is 475 g/mol. The molecule has 0 bridgehead atoms. The molecule has 0 spiro atoms. The van der Waals surface area contributed by atoms with Crippen molar-refractivity contribution < 1.29 is 23.8 Å². The SMILES string of the molecule is COc1ccc(C(=O)N2C[C@H](c3cc(OC)ccc3OC)[C@H](C(=O)NCc3ccccc3)C2)cc1. The summed E-state index contributed by atoms with van der Waals surface area (Å²) in [6.07, 6.45) is 0. The molecule has 2 atom stereocenters. The molecule has 182 valence electrons. The molecule has 0 aromatic heterocycles. The monoisotopic (exact) mass is 474 g/mol. The van der Waals surface area contributed by atoms with E-state index in [0.29, 0.717) is 42.4 Å². The van der Waals surface area contributed by atoms with Crippen LogP contribution in [0.2, 0.25) is 0 Å². The van der Waals surface area contributed by atoms with Crippen molar-refractivity contribution in [1.82, 2.24) is 10.2 Å². The first-order valence-electron chi connectivity index (χ1n) is 11.5. The van der Waals surface area contributed by atoms with Gasteiger partial charge in [0.15, 0.2) is 0 Å². The van der Waals surface area contributed by atoms with E-state index in [1.165, 1.54) is 0 Å². The van der Waals surface area contributed by atoms with E-state index in [1.807, 2.05) is 48.5 Å². The van der Waals surface area contributed by atoms with Gasteiger partial charge in [-0.2, -0.15) is 0 Å². The van der Waals surface area contributed by atoms with Gasteiger partial charge in [-0.05, 0) is 48.0 Å². The van der Waals surface area contributed by atoms with Gasteiger partial charge in [-0.25, -0.2) is 0 Å². The molecule has 1 aliphatic rings. The number of amides is 2. The molecule has 1 saturated heterocycles. The highest BCUT2D eigenvalue weighted by Gasteiger charge is 2.42. The Hall–Kier alpha value is -4.00. The van der Waals surface area contributed by atoms with Crippen LogP contribution in [0.5, 0.6) is 17.2 Å². The first-order valence-corrected chi connectivity index (χ1v) is 11.5. The summed E-state index contributed by atoms with van der Waals surface area (Å²) >= 11 is 0. The summed E-state index contributed by atoms with van der Waals surface area (Å²) in [5.74, 6) is 1.09. The topological polar surface area (TPSA) is 77.1 Å². The maximum atomic E-state index is 13.4. The van der Waals surface area contributed by atoms with Crippen molar-refractivity contribution in [3.63, 3.8) is 0 Å². The van der Waals surface area contributed by atoms with Crippen molar-refractivity contribution in [2.45, 2.75) is 12.5 Å². The van der Waals surface area contributed by atoms with Gasteiger partial charge in [0.05, 0.1) is 27.2 Å². The minimum Gasteiger partial charge on any atom is -0.497 e. The van der Waals surface area contributed by atoms with Crippen molar-refractivity contribution >= 4 is 11.8 Å². The van der Waals surface area contributed by atoms with Gasteiger partial charge in [0.25, 0.3) is 5.91 Å². The van der Waals surface area contributed by atoms with Crippen molar-refractivity contribution in [3.05, 3.63) is 89.5 Å². The Morgan fingerprint density at radius 2 is 1.54 bits per heavy atom. The normalized spacial score (nSPS) is 17.1. The Labute approximate surface area is 205 Å². The minimum atomic E-state index is -0.443. The van der Waals surface area contributed by atoms with E-state index < -0.39 is 5.92 Å². The van der Waals surface area contributed by atoms with Crippen LogP contribution in [-0.2, 0) is 11.3 Å². The number of nitrogens with one attached hydrogen (secondary N) is 1. The number of methoxy groups -OCH3 is 3. The summed E-state index contributed by atoms with van der Waals surface area (Å²) in [5, 5.41) is 3.06. The number of benzene rings is 3. The third kappa shape index (κ3) is 5.40. The van der Waals surface area contributed by atoms with Crippen LogP contribution >= 0.6 is 0 Å². The first-order chi connectivity index (χ1) is 17.0. The first kappa shape index (κ1) is 24.1. The Bertz CT molecular complexity index is 1160. The zero-order valence-electron chi connectivity index (χ0n) is 20.2. The van der Waals surface area contributed by atoms with E-state index in [4.69, 9.17) is 14.2 Å². The second kappa shape index (κ2) is 11.0. The molecule has 1 fully saturated rings. The van der Waals surface area contributed by atoms with Gasteiger partial charge >= 0.3 is 0 Å². The summed E-state index contributed by atoms with van der Waals surface area (Å²) in [7, 11) is 4.79. The maximum Gasteiger partial charge on any atom is 0.253 e. The van der Waals surface area contributed by atoms with E-state index >= 15 is 0 Å². The molecule has 1 N–H and O–H groups in total. The lowest BCUT2D eigenvalue weighted by molar-refractivity contribution is -0.125. The zero-order valence-corrected chi connectivity index (χ0v) is 20.2. The molecule has 0 aliphatic carbocycles. The molecular weight excluding hydrogens is 444 g/mol. The number of carbonyl (C=O) groups excluding carboxylic acids is 2. The summed E-state index contributed by atoms with van der Waals surface area (Å²) in [5.41, 5.74) is 2.41. The fourth-order valence-corrected chi connectivity index (χ4v) is 4.51. The number of carbonyl (C=O) groups is 2. The Morgan fingerprint density at radius 1 is 0.857 bits per heavy atom. The smallest absolute Gasteiger partial charge is 0.253 e. The van der Waals surface area contributed by atoms with Gasteiger partial charge in [-0.1, -0.05) is 30.3 Å². The van der Waals surface area contributed by atoms with Gasteiger partial charge in [0, 0.05) is 36.7 Å². The highest BCUT2D eigenvalue weighted by atomic mass is 16.5. The number of hydrogen-bond donors (Lipinski definition) is 1. The molecular formula is C28H30N2O5. The van der Waals surface area contributed by atoms with Crippen LogP contribution in [0.4, 0.5) is 0 Å². The molecule has 3 aromatic rings. The van der Waals surface area contributed by atoms with Crippen LogP contribution in [0.25, 0.3) is 0 Å². The number of ether oxygens (including phenoxy) is 3. The van der Waals surface area contributed by atoms with Crippen LogP contribution in [0.15, 0.2) is 72.8 Å². The number of nitrogens with zero attached hydrogens (tertiary/aromatic N) is 1. The summed E-state index contributed by atoms with van der Waals surface area (Å²) in [4.78, 5) is 28.5. The highest BCUT2D eigenvalue weighted by Crippen LogP contribution is 2.40. The van der Waals surface area contributed by atoms with Crippen molar-refractivity contribution in [3.8, 4) is 17.2 Å². The fourth-order valence-electron chi connectivity index (χ4n) is 4.51. The summed E-state index contributed by atoms with van der Waals surface area (Å²) in [6, 6.07) is 22.3. The van der Waals surface area contributed by atoms with E-state index in [1.54, 1.807) is 50.5 Å². The Morgan fingerprint density at radius 3 is 2.20 bits per heavy atom. The van der Waals surface area contributed by atoms with E-state index in [2.05, 4.69) is 5.32 Å². The third-order valence-corrected chi connectivity index (χ3v) is 6.43. The Kier molecular flexibility index (Phi) is 7.55. The molecule has 4 rings (SSSR count). The molecule has 1 aliphatic heterocycles. The average Bonchev–Trinajstić information content (AvgIpc) is 3.37. The summed E-state index contributed by atoms with van der Waals surface area (Å²) in [6.45, 7) is 1.11. The van der Waals surface area contributed by atoms with Crippen LogP contribution in [-0.4, -0.2) is 51.1 Å². The Balaban J connectivity index is 1.61. The van der Waals surface area contributed by atoms with Crippen LogP contribution in [0, 0.1) is 5.92 Å². The van der Waals surface area contributed by atoms with Gasteiger partial charge in [-0.3, -0.25) is 9.59 Å². The molecule has 0 unspecified atom stereocenters. The van der Waals surface area contributed by atoms with Crippen LogP contribution < -0.4 is 19.5 Å². The molecule has 2 amide bonds. The maximum absolute atomic E-state index is 13.4. The lowest BCUT2D eigenvalue weighted by Gasteiger charge is -2.21. The molecule has 3 aromatic carbocycles. The zero-order chi connectivity index (χ0) is 24.8. The predicted molar refractivity (Wildman–Crippen MR) is 133 cm³/mol. The molecule has 35 heavy (non-hydrogen) atoms. The van der Waals surface area contributed by atoms with Gasteiger partial charge < -0.3 is 24.4 Å². The minimum absolute atomic E-state index is 0.103. The molecule has 0 saturated carbocycles. The molecule has 1 heterocycles. The van der Waals surface area contributed by atoms with Crippen LogP contribution in [0.1, 0.15) is 27.4 Å². The number of rotatable bonds is 8. The fraction of sp³-hybridized carbons (Fsp3) is 0.286. The van der Waals surface area contributed by atoms with Crippen molar-refractivity contribution in [2.24, 2.45) is 5.92 Å². The second-order valence-corrected chi connectivity index (χ2v) is 8.46. The summed E-state index contributed by atoms with van der Waals surface area (Å²) < 4.78 is 16.3. The van der Waals surface area contributed by atoms with Gasteiger partial charge in [0.2, 0.25) is 5.91 Å². The number of hydrogen-bond acceptors (Lipinski definition) is 5. The largest absolute Gasteiger partial charge is 0.497 e. The number of likely N-dealkylation sites (tertiary alicyclic amines) is 1. The van der Waals surface area contributed by atoms with Crippen molar-refractivity contribution in [2.75, 3.05) is 34.4 Å². The molecule has 0 radical (unpaired) electrons. The lowest BCUT2D eigenvalue weighted by Crippen LogP contribution is -2.35. The van der Waals surface area contributed by atoms with E-state index in [0.717, 1.165) is 11.1 Å². The molecule has 7 heteroatoms. The quantitative estimate of drug-likeness (QED) is 0.536. The molecule has 7 nitrogen and oxygen atoms in total. The highest BCUT2D eigenvalue weighted by molar-refractivity contribution is 5.95. The van der Waals surface area contributed by atoms with E-state index in [-0.39, 0.29) is 17.7 Å². The second-order valence-electron chi connectivity index (χ2n) is 8.46. The predicted octanol–water partition coefficient (Wildman–Crippen LogP) is 3.88.